The molecule has 1 amide bonds. The zero-order valence-corrected chi connectivity index (χ0v) is 18.5. The lowest BCUT2D eigenvalue weighted by molar-refractivity contribution is -0.121. The van der Waals surface area contributed by atoms with Gasteiger partial charge in [0.25, 0.3) is 0 Å². The van der Waals surface area contributed by atoms with E-state index in [9.17, 15) is 13.2 Å². The first-order valence-corrected chi connectivity index (χ1v) is 11.2. The molecule has 8 heteroatoms. The number of carbonyl (C=O) groups is 1. The second kappa shape index (κ2) is 10.2. The number of nitrogens with zero attached hydrogens (tertiary/aromatic N) is 1. The maximum Gasteiger partial charge on any atom is 0.244 e. The number of sulfonamides is 1. The van der Waals surface area contributed by atoms with Crippen LogP contribution in [0.15, 0.2) is 41.3 Å². The van der Waals surface area contributed by atoms with Crippen LogP contribution in [0.3, 0.4) is 0 Å². The average Bonchev–Trinajstić information content (AvgIpc) is 2.62. The van der Waals surface area contributed by atoms with Crippen LogP contribution in [0.1, 0.15) is 28.7 Å². The molecule has 0 saturated heterocycles. The summed E-state index contributed by atoms with van der Waals surface area (Å²) in [7, 11) is -3.92. The van der Waals surface area contributed by atoms with Crippen LogP contribution in [0.25, 0.3) is 0 Å². The van der Waals surface area contributed by atoms with Gasteiger partial charge in [-0.25, -0.2) is 8.42 Å². The molecule has 0 aliphatic rings. The zero-order chi connectivity index (χ0) is 21.6. The van der Waals surface area contributed by atoms with E-state index in [0.717, 1.165) is 11.1 Å². The number of hydrogen-bond acceptors (Lipinski definition) is 4. The molecule has 0 bridgehead atoms. The van der Waals surface area contributed by atoms with Gasteiger partial charge in [-0.2, -0.15) is 4.31 Å². The Labute approximate surface area is 177 Å². The number of halogens is 1. The second-order valence-corrected chi connectivity index (χ2v) is 9.37. The van der Waals surface area contributed by atoms with Crippen LogP contribution in [-0.4, -0.2) is 43.4 Å². The summed E-state index contributed by atoms with van der Waals surface area (Å²) in [6, 6.07) is 10.5. The number of aliphatic hydroxyl groups excluding tert-OH is 1. The molecule has 0 heterocycles. The summed E-state index contributed by atoms with van der Waals surface area (Å²) in [5, 5.41) is 12.1. The van der Waals surface area contributed by atoms with Crippen molar-refractivity contribution in [2.45, 2.75) is 38.6 Å². The molecule has 2 N–H and O–H groups in total. The fourth-order valence-corrected chi connectivity index (χ4v) is 5.17. The van der Waals surface area contributed by atoms with Crippen molar-refractivity contribution in [3.8, 4) is 0 Å². The van der Waals surface area contributed by atoms with E-state index in [4.69, 9.17) is 16.7 Å². The summed E-state index contributed by atoms with van der Waals surface area (Å²) in [6.07, 6.45) is 0.409. The van der Waals surface area contributed by atoms with Crippen molar-refractivity contribution in [1.82, 2.24) is 9.62 Å². The Morgan fingerprint density at radius 1 is 1.10 bits per heavy atom. The van der Waals surface area contributed by atoms with Crippen molar-refractivity contribution in [3.63, 3.8) is 0 Å². The smallest absolute Gasteiger partial charge is 0.244 e. The number of aliphatic hydroxyl groups is 1. The molecular formula is C21H27ClN2O4S. The average molecular weight is 439 g/mol. The van der Waals surface area contributed by atoms with Gasteiger partial charge in [-0.1, -0.05) is 41.4 Å². The molecule has 2 aromatic rings. The molecule has 0 spiro atoms. The lowest BCUT2D eigenvalue weighted by atomic mass is 10.1. The van der Waals surface area contributed by atoms with Gasteiger partial charge in [-0.15, -0.1) is 0 Å². The monoisotopic (exact) mass is 438 g/mol. The SMILES string of the molecule is Cc1cc(C)c(S(=O)(=O)N(CC(=O)NCCCO)Cc2ccc(Cl)cc2)c(C)c1. The lowest BCUT2D eigenvalue weighted by Crippen LogP contribution is -2.41. The molecule has 0 atom stereocenters. The van der Waals surface area contributed by atoms with E-state index in [2.05, 4.69) is 5.32 Å². The molecule has 0 radical (unpaired) electrons. The van der Waals surface area contributed by atoms with E-state index in [1.54, 1.807) is 38.1 Å². The van der Waals surface area contributed by atoms with Gasteiger partial charge < -0.3 is 10.4 Å². The van der Waals surface area contributed by atoms with Crippen LogP contribution in [0.5, 0.6) is 0 Å². The first-order valence-electron chi connectivity index (χ1n) is 9.35. The number of hydrogen-bond donors (Lipinski definition) is 2. The summed E-state index contributed by atoms with van der Waals surface area (Å²) in [4.78, 5) is 12.6. The standard InChI is InChI=1S/C21H27ClN2O4S/c1-15-11-16(2)21(17(3)12-15)29(27,28)24(14-20(26)23-9-4-10-25)13-18-5-7-19(22)8-6-18/h5-8,11-12,25H,4,9-10,13-14H2,1-3H3,(H,23,26). The van der Waals surface area contributed by atoms with Crippen molar-refractivity contribution in [2.75, 3.05) is 19.7 Å². The number of amides is 1. The topological polar surface area (TPSA) is 86.7 Å². The quantitative estimate of drug-likeness (QED) is 0.589. The third kappa shape index (κ3) is 6.27. The minimum absolute atomic E-state index is 0.0413. The van der Waals surface area contributed by atoms with Gasteiger partial charge >= 0.3 is 0 Å². The van der Waals surface area contributed by atoms with Gasteiger partial charge in [0, 0.05) is 24.7 Å². The van der Waals surface area contributed by atoms with Crippen molar-refractivity contribution < 1.29 is 18.3 Å². The van der Waals surface area contributed by atoms with Crippen LogP contribution >= 0.6 is 11.6 Å². The van der Waals surface area contributed by atoms with E-state index >= 15 is 0 Å². The van der Waals surface area contributed by atoms with Crippen LogP contribution < -0.4 is 5.32 Å². The first-order chi connectivity index (χ1) is 13.6. The largest absolute Gasteiger partial charge is 0.396 e. The van der Waals surface area contributed by atoms with Crippen LogP contribution in [0.2, 0.25) is 5.02 Å². The molecule has 0 aromatic heterocycles. The van der Waals surface area contributed by atoms with E-state index in [0.29, 0.717) is 22.6 Å². The fraction of sp³-hybridized carbons (Fsp3) is 0.381. The van der Waals surface area contributed by atoms with Gasteiger partial charge in [-0.3, -0.25) is 4.79 Å². The number of benzene rings is 2. The Hall–Kier alpha value is -1.93. The van der Waals surface area contributed by atoms with E-state index < -0.39 is 15.9 Å². The normalized spacial score (nSPS) is 11.7. The van der Waals surface area contributed by atoms with E-state index in [-0.39, 0.29) is 31.1 Å². The predicted octanol–water partition coefficient (Wildman–Crippen LogP) is 2.95. The van der Waals surface area contributed by atoms with Crippen molar-refractivity contribution in [1.29, 1.82) is 0 Å². The molecule has 0 fully saturated rings. The fourth-order valence-electron chi connectivity index (χ4n) is 3.25. The summed E-state index contributed by atoms with van der Waals surface area (Å²) in [5.41, 5.74) is 2.99. The minimum Gasteiger partial charge on any atom is -0.396 e. The van der Waals surface area contributed by atoms with Crippen molar-refractivity contribution in [3.05, 3.63) is 63.7 Å². The lowest BCUT2D eigenvalue weighted by Gasteiger charge is -2.24. The van der Waals surface area contributed by atoms with Gasteiger partial charge in [-0.05, 0) is 56.0 Å². The van der Waals surface area contributed by atoms with E-state index in [1.165, 1.54) is 4.31 Å². The van der Waals surface area contributed by atoms with Crippen molar-refractivity contribution in [2.24, 2.45) is 0 Å². The Morgan fingerprint density at radius 3 is 2.24 bits per heavy atom. The molecular weight excluding hydrogens is 412 g/mol. The molecule has 2 aromatic carbocycles. The molecule has 6 nitrogen and oxygen atoms in total. The number of nitrogens with one attached hydrogen (secondary N) is 1. The Balaban J connectivity index is 2.39. The third-order valence-corrected chi connectivity index (χ3v) is 6.80. The molecule has 0 aliphatic carbocycles. The summed E-state index contributed by atoms with van der Waals surface area (Å²) < 4.78 is 28.2. The zero-order valence-electron chi connectivity index (χ0n) is 16.9. The molecule has 0 aliphatic heterocycles. The van der Waals surface area contributed by atoms with Crippen LogP contribution in [0, 0.1) is 20.8 Å². The Bertz CT molecular complexity index is 936. The predicted molar refractivity (Wildman–Crippen MR) is 114 cm³/mol. The van der Waals surface area contributed by atoms with Crippen molar-refractivity contribution >= 4 is 27.5 Å². The van der Waals surface area contributed by atoms with Gasteiger partial charge in [0.1, 0.15) is 0 Å². The number of aryl methyl sites for hydroxylation is 3. The third-order valence-electron chi connectivity index (χ3n) is 4.45. The van der Waals surface area contributed by atoms with Crippen LogP contribution in [0.4, 0.5) is 0 Å². The molecule has 158 valence electrons. The molecule has 0 saturated carbocycles. The minimum atomic E-state index is -3.92. The molecule has 0 unspecified atom stereocenters. The second-order valence-electron chi connectivity index (χ2n) is 7.05. The van der Waals surface area contributed by atoms with E-state index in [1.807, 2.05) is 19.1 Å². The molecule has 29 heavy (non-hydrogen) atoms. The highest BCUT2D eigenvalue weighted by Gasteiger charge is 2.29. The molecule has 2 rings (SSSR count). The van der Waals surface area contributed by atoms with Gasteiger partial charge in [0.15, 0.2) is 0 Å². The number of carbonyl (C=O) groups excluding carboxylic acids is 1. The van der Waals surface area contributed by atoms with Gasteiger partial charge in [0.05, 0.1) is 11.4 Å². The van der Waals surface area contributed by atoms with Crippen LogP contribution in [-0.2, 0) is 21.4 Å². The Kier molecular flexibility index (Phi) is 8.22. The maximum absolute atomic E-state index is 13.5. The van der Waals surface area contributed by atoms with Gasteiger partial charge in [0.2, 0.25) is 15.9 Å². The highest BCUT2D eigenvalue weighted by atomic mass is 35.5. The first kappa shape index (κ1) is 23.3. The number of rotatable bonds is 9. The Morgan fingerprint density at radius 2 is 1.69 bits per heavy atom. The maximum atomic E-state index is 13.5. The summed E-state index contributed by atoms with van der Waals surface area (Å²) >= 11 is 5.93. The summed E-state index contributed by atoms with van der Waals surface area (Å²) in [6.45, 7) is 5.39. The summed E-state index contributed by atoms with van der Waals surface area (Å²) in [5.74, 6) is -0.418. The highest BCUT2D eigenvalue weighted by molar-refractivity contribution is 7.89. The highest BCUT2D eigenvalue weighted by Crippen LogP contribution is 2.26.